The number of methoxy groups -OCH3 is 1. The highest BCUT2D eigenvalue weighted by molar-refractivity contribution is 5.38. The Morgan fingerprint density at radius 2 is 2.22 bits per heavy atom. The molecule has 0 spiro atoms. The topological polar surface area (TPSA) is 60.2 Å². The van der Waals surface area contributed by atoms with Crippen LogP contribution in [0.15, 0.2) is 18.3 Å². The Morgan fingerprint density at radius 3 is 2.83 bits per heavy atom. The van der Waals surface area contributed by atoms with Gasteiger partial charge in [-0.25, -0.2) is 4.98 Å². The fourth-order valence-electron chi connectivity index (χ4n) is 1.39. The third-order valence-electron chi connectivity index (χ3n) is 2.29. The predicted molar refractivity (Wildman–Crippen MR) is 62.2 cm³/mol. The van der Waals surface area contributed by atoms with Crippen molar-refractivity contribution in [3.63, 3.8) is 0 Å². The largest absolute Gasteiger partial charge is 0.416 e. The Hall–Kier alpha value is -1.34. The first-order chi connectivity index (χ1) is 8.43. The highest BCUT2D eigenvalue weighted by Crippen LogP contribution is 2.29. The lowest BCUT2D eigenvalue weighted by atomic mass is 10.2. The van der Waals surface area contributed by atoms with E-state index < -0.39 is 11.7 Å². The lowest BCUT2D eigenvalue weighted by Gasteiger charge is -2.12. The lowest BCUT2D eigenvalue weighted by molar-refractivity contribution is -0.137. The molecule has 7 heteroatoms. The summed E-state index contributed by atoms with van der Waals surface area (Å²) in [4.78, 5) is 3.81. The van der Waals surface area contributed by atoms with Crippen LogP contribution < -0.4 is 11.1 Å². The number of ether oxygens (including phenoxy) is 1. The standard InChI is InChI=1S/C11H16F3N3O/c1-18-7-9(15)3-5-17-10-6-8(2-4-16-10)11(12,13)14/h2,4,6,9H,3,5,7,15H2,1H3,(H,16,17). The van der Waals surface area contributed by atoms with E-state index in [4.69, 9.17) is 10.5 Å². The fourth-order valence-corrected chi connectivity index (χ4v) is 1.39. The first-order valence-electron chi connectivity index (χ1n) is 5.45. The Bertz CT molecular complexity index is 371. The van der Waals surface area contributed by atoms with Gasteiger partial charge in [-0.15, -0.1) is 0 Å². The van der Waals surface area contributed by atoms with Crippen LogP contribution in [-0.2, 0) is 10.9 Å². The van der Waals surface area contributed by atoms with Crippen molar-refractivity contribution in [1.82, 2.24) is 4.98 Å². The van der Waals surface area contributed by atoms with Gasteiger partial charge in [-0.1, -0.05) is 0 Å². The SMILES string of the molecule is COCC(N)CCNc1cc(C(F)(F)F)ccn1. The molecular formula is C11H16F3N3O. The summed E-state index contributed by atoms with van der Waals surface area (Å²) in [6.07, 6.45) is -2.64. The fraction of sp³-hybridized carbons (Fsp3) is 0.545. The van der Waals surface area contributed by atoms with E-state index in [0.29, 0.717) is 19.6 Å². The van der Waals surface area contributed by atoms with E-state index >= 15 is 0 Å². The highest BCUT2D eigenvalue weighted by Gasteiger charge is 2.30. The van der Waals surface area contributed by atoms with E-state index in [2.05, 4.69) is 10.3 Å². The summed E-state index contributed by atoms with van der Waals surface area (Å²) in [6, 6.07) is 1.76. The first-order valence-corrected chi connectivity index (χ1v) is 5.45. The van der Waals surface area contributed by atoms with Crippen molar-refractivity contribution in [3.05, 3.63) is 23.9 Å². The average Bonchev–Trinajstić information content (AvgIpc) is 2.29. The number of nitrogens with two attached hydrogens (primary N) is 1. The minimum atomic E-state index is -4.36. The van der Waals surface area contributed by atoms with Crippen molar-refractivity contribution >= 4 is 5.82 Å². The van der Waals surface area contributed by atoms with Gasteiger partial charge in [-0.3, -0.25) is 0 Å². The summed E-state index contributed by atoms with van der Waals surface area (Å²) < 4.78 is 42.1. The van der Waals surface area contributed by atoms with Crippen LogP contribution in [0.25, 0.3) is 0 Å². The van der Waals surface area contributed by atoms with Gasteiger partial charge in [-0.05, 0) is 18.6 Å². The van der Waals surface area contributed by atoms with Crippen molar-refractivity contribution in [1.29, 1.82) is 0 Å². The zero-order valence-electron chi connectivity index (χ0n) is 10.00. The van der Waals surface area contributed by atoms with Crippen LogP contribution >= 0.6 is 0 Å². The van der Waals surface area contributed by atoms with Crippen LogP contribution in [0.2, 0.25) is 0 Å². The van der Waals surface area contributed by atoms with Gasteiger partial charge < -0.3 is 15.8 Å². The van der Waals surface area contributed by atoms with Gasteiger partial charge in [0.2, 0.25) is 0 Å². The molecule has 1 atom stereocenters. The summed E-state index contributed by atoms with van der Waals surface area (Å²) in [5.41, 5.74) is 4.96. The van der Waals surface area contributed by atoms with E-state index in [1.807, 2.05) is 0 Å². The lowest BCUT2D eigenvalue weighted by Crippen LogP contribution is -2.28. The van der Waals surface area contributed by atoms with Gasteiger partial charge in [0.05, 0.1) is 12.2 Å². The van der Waals surface area contributed by atoms with Gasteiger partial charge in [0, 0.05) is 25.9 Å². The quantitative estimate of drug-likeness (QED) is 0.822. The van der Waals surface area contributed by atoms with Crippen molar-refractivity contribution in [2.24, 2.45) is 5.73 Å². The predicted octanol–water partition coefficient (Wildman–Crippen LogP) is 1.88. The number of hydrogen-bond acceptors (Lipinski definition) is 4. The molecule has 1 heterocycles. The summed E-state index contributed by atoms with van der Waals surface area (Å²) in [6.45, 7) is 0.858. The second kappa shape index (κ2) is 6.55. The molecule has 1 aromatic rings. The monoisotopic (exact) mass is 263 g/mol. The third kappa shape index (κ3) is 4.89. The number of anilines is 1. The van der Waals surface area contributed by atoms with Crippen LogP contribution in [0.4, 0.5) is 19.0 Å². The number of nitrogens with zero attached hydrogens (tertiary/aromatic N) is 1. The van der Waals surface area contributed by atoms with Crippen molar-refractivity contribution in [2.75, 3.05) is 25.6 Å². The Balaban J connectivity index is 2.48. The minimum absolute atomic E-state index is 0.145. The zero-order valence-corrected chi connectivity index (χ0v) is 10.00. The van der Waals surface area contributed by atoms with E-state index in [1.165, 1.54) is 0 Å². The van der Waals surface area contributed by atoms with Gasteiger partial charge in [0.15, 0.2) is 0 Å². The molecule has 102 valence electrons. The average molecular weight is 263 g/mol. The number of rotatable bonds is 6. The molecule has 0 aromatic carbocycles. The number of halogens is 3. The molecule has 1 rings (SSSR count). The maximum Gasteiger partial charge on any atom is 0.416 e. The maximum absolute atomic E-state index is 12.4. The normalized spacial score (nSPS) is 13.4. The molecule has 1 unspecified atom stereocenters. The minimum Gasteiger partial charge on any atom is -0.383 e. The van der Waals surface area contributed by atoms with Crippen LogP contribution in [-0.4, -0.2) is 31.3 Å². The van der Waals surface area contributed by atoms with Gasteiger partial charge in [0.1, 0.15) is 5.82 Å². The Kier molecular flexibility index (Phi) is 5.36. The summed E-state index contributed by atoms with van der Waals surface area (Å²) in [5.74, 6) is 0.189. The first kappa shape index (κ1) is 14.7. The molecule has 0 radical (unpaired) electrons. The van der Waals surface area contributed by atoms with E-state index in [-0.39, 0.29) is 11.9 Å². The molecule has 1 aromatic heterocycles. The number of alkyl halides is 3. The Labute approximate surface area is 103 Å². The Morgan fingerprint density at radius 1 is 1.50 bits per heavy atom. The van der Waals surface area contributed by atoms with Crippen molar-refractivity contribution in [2.45, 2.75) is 18.6 Å². The second-order valence-electron chi connectivity index (χ2n) is 3.86. The molecule has 0 aliphatic heterocycles. The van der Waals surface area contributed by atoms with Crippen molar-refractivity contribution in [3.8, 4) is 0 Å². The van der Waals surface area contributed by atoms with Crippen LogP contribution in [0.3, 0.4) is 0 Å². The summed E-state index contributed by atoms with van der Waals surface area (Å²) >= 11 is 0. The molecule has 0 aliphatic carbocycles. The van der Waals surface area contributed by atoms with E-state index in [0.717, 1.165) is 18.3 Å². The second-order valence-corrected chi connectivity index (χ2v) is 3.86. The van der Waals surface area contributed by atoms with E-state index in [1.54, 1.807) is 7.11 Å². The van der Waals surface area contributed by atoms with E-state index in [9.17, 15) is 13.2 Å². The molecule has 0 amide bonds. The number of hydrogen-bond donors (Lipinski definition) is 2. The molecule has 0 bridgehead atoms. The molecular weight excluding hydrogens is 247 g/mol. The van der Waals surface area contributed by atoms with Gasteiger partial charge in [0.25, 0.3) is 0 Å². The number of aromatic nitrogens is 1. The summed E-state index contributed by atoms with van der Waals surface area (Å²) in [7, 11) is 1.54. The molecule has 3 N–H and O–H groups in total. The smallest absolute Gasteiger partial charge is 0.383 e. The number of pyridine rings is 1. The highest BCUT2D eigenvalue weighted by atomic mass is 19.4. The maximum atomic E-state index is 12.4. The molecule has 0 fully saturated rings. The zero-order chi connectivity index (χ0) is 13.6. The molecule has 4 nitrogen and oxygen atoms in total. The third-order valence-corrected chi connectivity index (χ3v) is 2.29. The van der Waals surface area contributed by atoms with Crippen LogP contribution in [0.5, 0.6) is 0 Å². The molecule has 0 saturated carbocycles. The van der Waals surface area contributed by atoms with Crippen LogP contribution in [0, 0.1) is 0 Å². The molecule has 0 aliphatic rings. The molecule has 0 saturated heterocycles. The van der Waals surface area contributed by atoms with Crippen LogP contribution in [0.1, 0.15) is 12.0 Å². The molecule has 18 heavy (non-hydrogen) atoms. The number of nitrogens with one attached hydrogen (secondary N) is 1. The van der Waals surface area contributed by atoms with Crippen molar-refractivity contribution < 1.29 is 17.9 Å². The van der Waals surface area contributed by atoms with Gasteiger partial charge >= 0.3 is 6.18 Å². The summed E-state index contributed by atoms with van der Waals surface area (Å²) in [5, 5.41) is 2.80. The van der Waals surface area contributed by atoms with Gasteiger partial charge in [-0.2, -0.15) is 13.2 Å².